The maximum Gasteiger partial charge on any atom is 0.262 e. The van der Waals surface area contributed by atoms with Crippen LogP contribution in [0.25, 0.3) is 0 Å². The Morgan fingerprint density at radius 2 is 1.81 bits per heavy atom. The van der Waals surface area contributed by atoms with Gasteiger partial charge in [0, 0.05) is 12.2 Å². The van der Waals surface area contributed by atoms with Gasteiger partial charge in [0.2, 0.25) is 10.0 Å². The molecule has 31 heavy (non-hydrogen) atoms. The standard InChI is InChI=1S/C23H22N2O5S/c1-3-25-20-9-4-5-10-22(20)30-21-12-11-17(14-19(21)23(25)26)24-31(27,28)15-16-7-6-8-18(13-16)29-2/h4-14,24H,3,15H2,1-2H3. The minimum atomic E-state index is -3.71. The second-order valence-electron chi connectivity index (χ2n) is 7.04. The van der Waals surface area contributed by atoms with Gasteiger partial charge in [-0.1, -0.05) is 24.3 Å². The Labute approximate surface area is 181 Å². The van der Waals surface area contributed by atoms with E-state index >= 15 is 0 Å². The van der Waals surface area contributed by atoms with Gasteiger partial charge in [-0.2, -0.15) is 0 Å². The number of methoxy groups -OCH3 is 1. The van der Waals surface area contributed by atoms with Crippen LogP contribution >= 0.6 is 0 Å². The van der Waals surface area contributed by atoms with Crippen LogP contribution in [0.1, 0.15) is 22.8 Å². The molecule has 4 rings (SSSR count). The molecule has 1 heterocycles. The third kappa shape index (κ3) is 4.34. The molecule has 0 bridgehead atoms. The molecular weight excluding hydrogens is 416 g/mol. The SMILES string of the molecule is CCN1C(=O)c2cc(NS(=O)(=O)Cc3cccc(OC)c3)ccc2Oc2ccccc21. The summed E-state index contributed by atoms with van der Waals surface area (Å²) in [6.45, 7) is 2.32. The topological polar surface area (TPSA) is 84.9 Å². The number of hydrogen-bond acceptors (Lipinski definition) is 5. The third-order valence-corrected chi connectivity index (χ3v) is 6.17. The lowest BCUT2D eigenvalue weighted by Crippen LogP contribution is -2.29. The minimum absolute atomic E-state index is 0.224. The summed E-state index contributed by atoms with van der Waals surface area (Å²) < 4.78 is 39.1. The van der Waals surface area contributed by atoms with Gasteiger partial charge in [0.05, 0.1) is 24.1 Å². The molecule has 3 aromatic rings. The molecule has 0 unspecified atom stereocenters. The molecule has 1 aliphatic heterocycles. The van der Waals surface area contributed by atoms with E-state index in [0.29, 0.717) is 46.3 Å². The normalized spacial score (nSPS) is 13.0. The Balaban J connectivity index is 1.62. The minimum Gasteiger partial charge on any atom is -0.497 e. The van der Waals surface area contributed by atoms with Crippen LogP contribution in [0.2, 0.25) is 0 Å². The summed E-state index contributed by atoms with van der Waals surface area (Å²) in [6, 6.07) is 18.9. The van der Waals surface area contributed by atoms with Crippen molar-refractivity contribution >= 4 is 27.3 Å². The fraction of sp³-hybridized carbons (Fsp3) is 0.174. The first kappa shape index (κ1) is 20.7. The molecular formula is C23H22N2O5S. The number of nitrogens with one attached hydrogen (secondary N) is 1. The molecule has 1 aliphatic rings. The number of amides is 1. The molecule has 7 nitrogen and oxygen atoms in total. The lowest BCUT2D eigenvalue weighted by molar-refractivity contribution is 0.0988. The number of carbonyl (C=O) groups is 1. The van der Waals surface area contributed by atoms with E-state index in [0.717, 1.165) is 0 Å². The van der Waals surface area contributed by atoms with Crippen LogP contribution < -0.4 is 19.1 Å². The maximum absolute atomic E-state index is 13.2. The predicted molar refractivity (Wildman–Crippen MR) is 120 cm³/mol. The number of nitrogens with zero attached hydrogens (tertiary/aromatic N) is 1. The number of benzene rings is 3. The lowest BCUT2D eigenvalue weighted by atomic mass is 10.1. The van der Waals surface area contributed by atoms with Crippen LogP contribution in [-0.2, 0) is 15.8 Å². The van der Waals surface area contributed by atoms with Gasteiger partial charge in [-0.15, -0.1) is 0 Å². The summed E-state index contributed by atoms with van der Waals surface area (Å²) in [5, 5.41) is 0. The number of hydrogen-bond donors (Lipinski definition) is 1. The van der Waals surface area contributed by atoms with Crippen molar-refractivity contribution in [3.63, 3.8) is 0 Å². The van der Waals surface area contributed by atoms with E-state index in [1.165, 1.54) is 13.2 Å². The van der Waals surface area contributed by atoms with Crippen LogP contribution in [0.15, 0.2) is 66.7 Å². The molecule has 0 aromatic heterocycles. The van der Waals surface area contributed by atoms with Crippen molar-refractivity contribution in [3.8, 4) is 17.2 Å². The fourth-order valence-corrected chi connectivity index (χ4v) is 4.68. The quantitative estimate of drug-likeness (QED) is 0.616. The zero-order chi connectivity index (χ0) is 22.0. The van der Waals surface area contributed by atoms with Crippen molar-refractivity contribution in [2.75, 3.05) is 23.3 Å². The van der Waals surface area contributed by atoms with Crippen LogP contribution in [-0.4, -0.2) is 28.0 Å². The summed E-state index contributed by atoms with van der Waals surface area (Å²) in [7, 11) is -2.18. The van der Waals surface area contributed by atoms with Crippen molar-refractivity contribution in [1.29, 1.82) is 0 Å². The molecule has 160 valence electrons. The van der Waals surface area contributed by atoms with Gasteiger partial charge in [-0.05, 0) is 55.0 Å². The number of para-hydroxylation sites is 2. The predicted octanol–water partition coefficient (Wildman–Crippen LogP) is 4.41. The van der Waals surface area contributed by atoms with E-state index in [4.69, 9.17) is 9.47 Å². The zero-order valence-electron chi connectivity index (χ0n) is 17.2. The molecule has 0 aliphatic carbocycles. The van der Waals surface area contributed by atoms with Crippen LogP contribution in [0, 0.1) is 0 Å². The molecule has 0 spiro atoms. The zero-order valence-corrected chi connectivity index (χ0v) is 18.0. The van der Waals surface area contributed by atoms with Gasteiger partial charge >= 0.3 is 0 Å². The highest BCUT2D eigenvalue weighted by Gasteiger charge is 2.27. The van der Waals surface area contributed by atoms with Crippen LogP contribution in [0.3, 0.4) is 0 Å². The first-order valence-corrected chi connectivity index (χ1v) is 11.4. The van der Waals surface area contributed by atoms with Crippen LogP contribution in [0.4, 0.5) is 11.4 Å². The molecule has 0 saturated heterocycles. The molecule has 3 aromatic carbocycles. The molecule has 1 N–H and O–H groups in total. The Bertz CT molecular complexity index is 1240. The molecule has 8 heteroatoms. The first-order valence-electron chi connectivity index (χ1n) is 9.76. The van der Waals surface area contributed by atoms with Crippen molar-refractivity contribution < 1.29 is 22.7 Å². The van der Waals surface area contributed by atoms with Crippen molar-refractivity contribution in [2.24, 2.45) is 0 Å². The summed E-state index contributed by atoms with van der Waals surface area (Å²) >= 11 is 0. The number of rotatable bonds is 6. The third-order valence-electron chi connectivity index (χ3n) is 4.91. The van der Waals surface area contributed by atoms with E-state index < -0.39 is 10.0 Å². The second-order valence-corrected chi connectivity index (χ2v) is 8.77. The molecule has 0 radical (unpaired) electrons. The molecule has 0 fully saturated rings. The van der Waals surface area contributed by atoms with Gasteiger partial charge in [0.1, 0.15) is 11.5 Å². The number of sulfonamides is 1. The summed E-state index contributed by atoms with van der Waals surface area (Å²) in [4.78, 5) is 14.8. The average Bonchev–Trinajstić information content (AvgIpc) is 2.87. The Hall–Kier alpha value is -3.52. The largest absolute Gasteiger partial charge is 0.497 e. The summed E-state index contributed by atoms with van der Waals surface area (Å²) in [5.74, 6) is 1.06. The van der Waals surface area contributed by atoms with E-state index in [-0.39, 0.29) is 11.7 Å². The Kier molecular flexibility index (Phi) is 5.56. The van der Waals surface area contributed by atoms with E-state index in [2.05, 4.69) is 4.72 Å². The molecule has 0 atom stereocenters. The van der Waals surface area contributed by atoms with Gasteiger partial charge in [-0.25, -0.2) is 8.42 Å². The van der Waals surface area contributed by atoms with E-state index in [1.54, 1.807) is 47.4 Å². The van der Waals surface area contributed by atoms with Gasteiger partial charge in [0.25, 0.3) is 5.91 Å². The summed E-state index contributed by atoms with van der Waals surface area (Å²) in [6.07, 6.45) is 0. The number of anilines is 2. The molecule has 1 amide bonds. The van der Waals surface area contributed by atoms with Crippen LogP contribution in [0.5, 0.6) is 17.2 Å². The highest BCUT2D eigenvalue weighted by atomic mass is 32.2. The van der Waals surface area contributed by atoms with E-state index in [1.807, 2.05) is 25.1 Å². The van der Waals surface area contributed by atoms with Crippen molar-refractivity contribution in [3.05, 3.63) is 77.9 Å². The molecule has 0 saturated carbocycles. The Morgan fingerprint density at radius 1 is 1.00 bits per heavy atom. The van der Waals surface area contributed by atoms with Gasteiger partial charge in [-0.3, -0.25) is 9.52 Å². The summed E-state index contributed by atoms with van der Waals surface area (Å²) in [5.41, 5.74) is 1.85. The smallest absolute Gasteiger partial charge is 0.262 e. The van der Waals surface area contributed by atoms with Gasteiger partial charge < -0.3 is 14.4 Å². The highest BCUT2D eigenvalue weighted by Crippen LogP contribution is 2.39. The number of carbonyl (C=O) groups excluding carboxylic acids is 1. The van der Waals surface area contributed by atoms with Crippen molar-refractivity contribution in [2.45, 2.75) is 12.7 Å². The van der Waals surface area contributed by atoms with Gasteiger partial charge in [0.15, 0.2) is 5.75 Å². The number of ether oxygens (including phenoxy) is 2. The second kappa shape index (κ2) is 8.31. The number of fused-ring (bicyclic) bond motifs is 2. The fourth-order valence-electron chi connectivity index (χ4n) is 3.50. The van der Waals surface area contributed by atoms with Crippen molar-refractivity contribution in [1.82, 2.24) is 0 Å². The Morgan fingerprint density at radius 3 is 2.58 bits per heavy atom. The monoisotopic (exact) mass is 438 g/mol. The average molecular weight is 439 g/mol. The first-order chi connectivity index (χ1) is 14.9. The highest BCUT2D eigenvalue weighted by molar-refractivity contribution is 7.91. The maximum atomic E-state index is 13.2. The van der Waals surface area contributed by atoms with E-state index in [9.17, 15) is 13.2 Å². The lowest BCUT2D eigenvalue weighted by Gasteiger charge is -2.20.